The smallest absolute Gasteiger partial charge is 0.151 e. The van der Waals surface area contributed by atoms with E-state index in [0.29, 0.717) is 42.7 Å². The van der Waals surface area contributed by atoms with Crippen LogP contribution in [-0.4, -0.2) is 113 Å². The Morgan fingerprint density at radius 2 is 0.881 bits per heavy atom. The Bertz CT molecular complexity index is 949. The van der Waals surface area contributed by atoms with Gasteiger partial charge < -0.3 is 23.7 Å². The average Bonchev–Trinajstić information content (AvgIpc) is 2.78. The summed E-state index contributed by atoms with van der Waals surface area (Å²) in [5.41, 5.74) is 1.23. The molecule has 0 aromatic rings. The van der Waals surface area contributed by atoms with Crippen molar-refractivity contribution >= 4 is 32.4 Å². The lowest BCUT2D eigenvalue weighted by Crippen LogP contribution is -2.50. The Balaban J connectivity index is 0.000000145. The third-order valence-electron chi connectivity index (χ3n) is 9.12. The van der Waals surface area contributed by atoms with Gasteiger partial charge in [0.2, 0.25) is 0 Å². The lowest BCUT2D eigenvalue weighted by Gasteiger charge is -2.41. The van der Waals surface area contributed by atoms with Gasteiger partial charge in [-0.25, -0.2) is 8.42 Å². The van der Waals surface area contributed by atoms with E-state index >= 15 is 0 Å². The molecule has 11 heteroatoms. The van der Waals surface area contributed by atoms with Gasteiger partial charge in [0.25, 0.3) is 0 Å². The van der Waals surface area contributed by atoms with Gasteiger partial charge in [-0.15, -0.1) is 0 Å². The van der Waals surface area contributed by atoms with Crippen LogP contribution in [0.3, 0.4) is 0 Å². The van der Waals surface area contributed by atoms with E-state index in [0.717, 1.165) is 51.1 Å². The minimum Gasteiger partial charge on any atom is -0.380 e. The van der Waals surface area contributed by atoms with Gasteiger partial charge >= 0.3 is 0 Å². The van der Waals surface area contributed by atoms with Crippen LogP contribution in [-0.2, 0) is 44.3 Å². The maximum absolute atomic E-state index is 11.9. The Hall–Kier alpha value is 0.250. The Labute approximate surface area is 261 Å². The van der Waals surface area contributed by atoms with Gasteiger partial charge in [-0.3, -0.25) is 4.21 Å². The molecular weight excluding hydrogens is 597 g/mol. The summed E-state index contributed by atoms with van der Waals surface area (Å²) in [5.74, 6) is 4.71. The second-order valence-electron chi connectivity index (χ2n) is 16.4. The lowest BCUT2D eigenvalue weighted by molar-refractivity contribution is -0.0912. The standard InChI is InChI=1S/C11H20O2S.C10H18O4S.C10H18O2S/c1-10(4-3-5-10)8-14(12)9-11(2)6-13-7-11;1-9(3-13-4-9)7-15(11,12)8-10(2)5-14-6-10;1-9(3-11-4-9)7-13-8-10(2)5-12-6-10/h3-9H2,1-2H3;3-8H2,1-2H3;3-8H2,1-2H3. The summed E-state index contributed by atoms with van der Waals surface area (Å²) in [5, 5.41) is 0. The summed E-state index contributed by atoms with van der Waals surface area (Å²) in [7, 11) is -3.61. The van der Waals surface area contributed by atoms with E-state index in [-0.39, 0.29) is 27.8 Å². The average molecular weight is 653 g/mol. The molecule has 1 unspecified atom stereocenters. The van der Waals surface area contributed by atoms with E-state index in [1.54, 1.807) is 0 Å². The maximum Gasteiger partial charge on any atom is 0.151 e. The summed E-state index contributed by atoms with van der Waals surface area (Å²) in [6.07, 6.45) is 3.87. The van der Waals surface area contributed by atoms with Crippen molar-refractivity contribution in [2.75, 3.05) is 101 Å². The van der Waals surface area contributed by atoms with Crippen molar-refractivity contribution < 1.29 is 36.3 Å². The summed E-state index contributed by atoms with van der Waals surface area (Å²) in [4.78, 5) is 0. The monoisotopic (exact) mass is 652 g/mol. The maximum atomic E-state index is 11.9. The van der Waals surface area contributed by atoms with E-state index in [4.69, 9.17) is 23.7 Å². The Kier molecular flexibility index (Phi) is 11.3. The molecule has 6 aliphatic rings. The molecule has 1 aliphatic carbocycles. The van der Waals surface area contributed by atoms with Crippen molar-refractivity contribution in [3.05, 3.63) is 0 Å². The summed E-state index contributed by atoms with van der Waals surface area (Å²) < 4.78 is 61.5. The first-order chi connectivity index (χ1) is 19.5. The number of hydrogen-bond donors (Lipinski definition) is 0. The van der Waals surface area contributed by atoms with Crippen molar-refractivity contribution in [3.63, 3.8) is 0 Å². The van der Waals surface area contributed by atoms with Crippen LogP contribution in [0, 0.1) is 32.5 Å². The second-order valence-corrected chi connectivity index (χ2v) is 20.9. The van der Waals surface area contributed by atoms with Crippen molar-refractivity contribution in [1.29, 1.82) is 0 Å². The SMILES string of the molecule is CC1(CS(=O)(=O)CC2(C)COC2)COC1.CC1(CS(=O)CC2(C)COC2)CCC1.CC1(CSCC2(C)COC2)COC1. The van der Waals surface area contributed by atoms with Crippen LogP contribution in [0.2, 0.25) is 0 Å². The van der Waals surface area contributed by atoms with Crippen LogP contribution in [0.5, 0.6) is 0 Å². The zero-order valence-electron chi connectivity index (χ0n) is 26.9. The Morgan fingerprint density at radius 1 is 0.548 bits per heavy atom. The Morgan fingerprint density at radius 3 is 1.14 bits per heavy atom. The van der Waals surface area contributed by atoms with E-state index in [1.807, 2.05) is 13.8 Å². The molecule has 246 valence electrons. The molecule has 0 amide bonds. The molecule has 5 saturated heterocycles. The minimum absolute atomic E-state index is 0.153. The van der Waals surface area contributed by atoms with Crippen molar-refractivity contribution in [3.8, 4) is 0 Å². The van der Waals surface area contributed by atoms with Crippen LogP contribution < -0.4 is 0 Å². The predicted octanol–water partition coefficient (Wildman–Crippen LogP) is 4.23. The van der Waals surface area contributed by atoms with Crippen molar-refractivity contribution in [2.24, 2.45) is 32.5 Å². The number of sulfone groups is 1. The molecule has 6 rings (SSSR count). The van der Waals surface area contributed by atoms with Crippen LogP contribution in [0.25, 0.3) is 0 Å². The van der Waals surface area contributed by atoms with E-state index in [1.165, 1.54) is 30.8 Å². The fraction of sp³-hybridized carbons (Fsp3) is 1.00. The molecule has 8 nitrogen and oxygen atoms in total. The molecule has 0 N–H and O–H groups in total. The predicted molar refractivity (Wildman–Crippen MR) is 170 cm³/mol. The van der Waals surface area contributed by atoms with Gasteiger partial charge in [0, 0.05) is 60.9 Å². The third-order valence-corrected chi connectivity index (χ3v) is 15.2. The topological polar surface area (TPSA) is 97.4 Å². The van der Waals surface area contributed by atoms with E-state index in [9.17, 15) is 12.6 Å². The van der Waals surface area contributed by atoms with Gasteiger partial charge in [0.05, 0.1) is 77.6 Å². The highest BCUT2D eigenvalue weighted by atomic mass is 32.2. The second kappa shape index (κ2) is 13.5. The zero-order valence-corrected chi connectivity index (χ0v) is 29.4. The first-order valence-electron chi connectivity index (χ1n) is 15.5. The largest absolute Gasteiger partial charge is 0.380 e. The first-order valence-corrected chi connectivity index (χ1v) is 19.9. The molecule has 6 fully saturated rings. The van der Waals surface area contributed by atoms with Crippen LogP contribution >= 0.6 is 11.8 Å². The molecule has 1 saturated carbocycles. The molecule has 0 bridgehead atoms. The van der Waals surface area contributed by atoms with Gasteiger partial charge in [-0.2, -0.15) is 11.8 Å². The number of hydrogen-bond acceptors (Lipinski definition) is 9. The minimum atomic E-state index is -2.98. The fourth-order valence-electron chi connectivity index (χ4n) is 6.08. The van der Waals surface area contributed by atoms with Crippen LogP contribution in [0.1, 0.15) is 60.8 Å². The van der Waals surface area contributed by atoms with Crippen molar-refractivity contribution in [2.45, 2.75) is 60.8 Å². The molecule has 0 radical (unpaired) electrons. The normalized spacial score (nSPS) is 29.0. The van der Waals surface area contributed by atoms with Crippen LogP contribution in [0.15, 0.2) is 0 Å². The summed E-state index contributed by atoms with van der Waals surface area (Å²) >= 11 is 2.06. The lowest BCUT2D eigenvalue weighted by atomic mass is 9.72. The molecule has 5 aliphatic heterocycles. The highest BCUT2D eigenvalue weighted by Crippen LogP contribution is 2.42. The van der Waals surface area contributed by atoms with Crippen LogP contribution in [0.4, 0.5) is 0 Å². The quantitative estimate of drug-likeness (QED) is 0.307. The summed E-state index contributed by atoms with van der Waals surface area (Å²) in [6, 6.07) is 0. The third kappa shape index (κ3) is 10.1. The molecule has 5 heterocycles. The van der Waals surface area contributed by atoms with Gasteiger partial charge in [0.15, 0.2) is 9.84 Å². The first kappa shape index (κ1) is 35.1. The number of thioether (sulfide) groups is 1. The molecule has 0 aromatic carbocycles. The zero-order chi connectivity index (χ0) is 30.8. The van der Waals surface area contributed by atoms with Gasteiger partial charge in [-0.05, 0) is 18.3 Å². The molecular formula is C31H56O8S3. The fourth-order valence-corrected chi connectivity index (χ4v) is 12.2. The summed E-state index contributed by atoms with van der Waals surface area (Å²) in [6.45, 7) is 20.7. The van der Waals surface area contributed by atoms with E-state index < -0.39 is 20.6 Å². The number of rotatable bonds is 12. The molecule has 0 spiro atoms. The van der Waals surface area contributed by atoms with Gasteiger partial charge in [-0.1, -0.05) is 48.0 Å². The van der Waals surface area contributed by atoms with E-state index in [2.05, 4.69) is 39.5 Å². The van der Waals surface area contributed by atoms with Gasteiger partial charge in [0.1, 0.15) is 0 Å². The molecule has 42 heavy (non-hydrogen) atoms. The van der Waals surface area contributed by atoms with Crippen molar-refractivity contribution in [1.82, 2.24) is 0 Å². The highest BCUT2D eigenvalue weighted by molar-refractivity contribution is 7.99. The highest BCUT2D eigenvalue weighted by Gasteiger charge is 2.43. The number of ether oxygens (including phenoxy) is 5. The molecule has 0 aromatic heterocycles. The molecule has 1 atom stereocenters.